The number of rotatable bonds is 3. The van der Waals surface area contributed by atoms with Gasteiger partial charge in [-0.2, -0.15) is 0 Å². The maximum Gasteiger partial charge on any atom is 0.202 e. The van der Waals surface area contributed by atoms with Gasteiger partial charge in [0.15, 0.2) is 11.6 Å². The number of methoxy groups -OCH3 is 2. The molecule has 10 heteroatoms. The van der Waals surface area contributed by atoms with Crippen LogP contribution >= 0.6 is 0 Å². The van der Waals surface area contributed by atoms with E-state index in [1.54, 1.807) is 13.8 Å². The molecule has 2 aliphatic carbocycles. The molecule has 6 rings (SSSR count). The van der Waals surface area contributed by atoms with E-state index in [1.807, 2.05) is 0 Å². The molecular weight excluding hydrogens is 568 g/mol. The SMILES string of the molecule is COc1c(C)c(O)c2c(c1-c1c(OC)c(C)c(O)c3c1C(=O)c1cc(C)cc(O)c1C3=O)C(=O)c1cc(C)cc(O)c1C2=O. The Labute approximate surface area is 250 Å². The van der Waals surface area contributed by atoms with Gasteiger partial charge < -0.3 is 29.9 Å². The minimum atomic E-state index is -0.840. The van der Waals surface area contributed by atoms with Crippen molar-refractivity contribution in [1.82, 2.24) is 0 Å². The summed E-state index contributed by atoms with van der Waals surface area (Å²) in [5.74, 6) is -5.41. The Bertz CT molecular complexity index is 1930. The van der Waals surface area contributed by atoms with E-state index in [1.165, 1.54) is 52.3 Å². The van der Waals surface area contributed by atoms with Gasteiger partial charge in [0, 0.05) is 44.5 Å². The minimum Gasteiger partial charge on any atom is -0.507 e. The summed E-state index contributed by atoms with van der Waals surface area (Å²) in [6.45, 7) is 6.14. The fraction of sp³-hybridized carbons (Fsp3) is 0.176. The summed E-state index contributed by atoms with van der Waals surface area (Å²) in [4.78, 5) is 56.5. The number of fused-ring (bicyclic) bond motifs is 4. The predicted octanol–water partition coefficient (Wildman–Crippen LogP) is 4.98. The second kappa shape index (κ2) is 9.43. The molecule has 0 saturated carbocycles. The van der Waals surface area contributed by atoms with E-state index < -0.39 is 57.3 Å². The van der Waals surface area contributed by atoms with Crippen LogP contribution in [0.5, 0.6) is 34.5 Å². The van der Waals surface area contributed by atoms with Crippen molar-refractivity contribution in [3.8, 4) is 45.6 Å². The lowest BCUT2D eigenvalue weighted by molar-refractivity contribution is 0.0972. The fourth-order valence-electron chi connectivity index (χ4n) is 6.45. The first-order chi connectivity index (χ1) is 20.8. The summed E-state index contributed by atoms with van der Waals surface area (Å²) in [5.41, 5.74) is -1.61. The van der Waals surface area contributed by atoms with Gasteiger partial charge >= 0.3 is 0 Å². The number of phenolic OH excluding ortho intramolecular Hbond substituents is 4. The number of benzene rings is 4. The lowest BCUT2D eigenvalue weighted by atomic mass is 9.73. The largest absolute Gasteiger partial charge is 0.507 e. The van der Waals surface area contributed by atoms with Crippen LogP contribution in [0, 0.1) is 27.7 Å². The first kappa shape index (κ1) is 28.5. The molecule has 0 unspecified atom stereocenters. The fourth-order valence-corrected chi connectivity index (χ4v) is 6.45. The van der Waals surface area contributed by atoms with Crippen LogP contribution in [0.4, 0.5) is 0 Å². The highest BCUT2D eigenvalue weighted by Gasteiger charge is 2.44. The molecule has 0 spiro atoms. The summed E-state index contributed by atoms with van der Waals surface area (Å²) < 4.78 is 11.4. The number of aromatic hydroxyl groups is 4. The zero-order valence-electron chi connectivity index (χ0n) is 24.5. The molecule has 10 nitrogen and oxygen atoms in total. The van der Waals surface area contributed by atoms with Crippen LogP contribution < -0.4 is 9.47 Å². The molecule has 0 heterocycles. The highest BCUT2D eigenvalue weighted by molar-refractivity contribution is 6.36. The molecule has 222 valence electrons. The lowest BCUT2D eigenvalue weighted by Gasteiger charge is -2.30. The van der Waals surface area contributed by atoms with Gasteiger partial charge in [0.2, 0.25) is 11.6 Å². The normalized spacial score (nSPS) is 13.3. The van der Waals surface area contributed by atoms with Crippen molar-refractivity contribution in [2.24, 2.45) is 0 Å². The number of ketones is 4. The number of hydrogen-bond donors (Lipinski definition) is 4. The van der Waals surface area contributed by atoms with Gasteiger partial charge in [-0.25, -0.2) is 0 Å². The van der Waals surface area contributed by atoms with E-state index in [-0.39, 0.29) is 67.1 Å². The Morgan fingerprint density at radius 2 is 0.795 bits per heavy atom. The smallest absolute Gasteiger partial charge is 0.202 e. The number of ether oxygens (including phenoxy) is 2. The number of hydrogen-bond acceptors (Lipinski definition) is 10. The summed E-state index contributed by atoms with van der Waals surface area (Å²) in [7, 11) is 2.54. The molecule has 0 saturated heterocycles. The van der Waals surface area contributed by atoms with E-state index in [0.29, 0.717) is 11.1 Å². The maximum absolute atomic E-state index is 14.3. The molecule has 0 atom stereocenters. The Hall–Kier alpha value is -5.64. The van der Waals surface area contributed by atoms with Gasteiger partial charge in [-0.05, 0) is 63.1 Å². The standard InChI is InChI=1S/C34H26O10/c1-11-7-15-19(17(35)9-11)31(41)25-21(29(15)39)23(33(43-5)13(3)27(25)37)24-22-26(28(38)14(4)34(24)44-6)32(42)20-16(30(22)40)8-12(2)10-18(20)36/h7-10,35-38H,1-6H3. The molecule has 0 aliphatic heterocycles. The van der Waals surface area contributed by atoms with Crippen LogP contribution in [0.3, 0.4) is 0 Å². The molecule has 4 N–H and O–H groups in total. The maximum atomic E-state index is 14.3. The average Bonchev–Trinajstić information content (AvgIpc) is 2.96. The summed E-state index contributed by atoms with van der Waals surface area (Å²) in [5, 5.41) is 43.9. The van der Waals surface area contributed by atoms with Crippen molar-refractivity contribution in [3.05, 3.63) is 91.0 Å². The molecule has 0 bridgehead atoms. The second-order valence-electron chi connectivity index (χ2n) is 11.0. The zero-order chi connectivity index (χ0) is 32.1. The van der Waals surface area contributed by atoms with Gasteiger partial charge in [-0.1, -0.05) is 0 Å². The Kier molecular flexibility index (Phi) is 6.11. The molecule has 0 amide bonds. The van der Waals surface area contributed by atoms with Gasteiger partial charge in [0.05, 0.1) is 36.5 Å². The number of carbonyl (C=O) groups is 4. The first-order valence-electron chi connectivity index (χ1n) is 13.5. The molecule has 0 radical (unpaired) electrons. The van der Waals surface area contributed by atoms with Gasteiger partial charge in [0.25, 0.3) is 0 Å². The van der Waals surface area contributed by atoms with Gasteiger partial charge in [0.1, 0.15) is 34.5 Å². The van der Waals surface area contributed by atoms with E-state index in [0.717, 1.165) is 0 Å². The van der Waals surface area contributed by atoms with Crippen LogP contribution in [0.2, 0.25) is 0 Å². The van der Waals surface area contributed by atoms with Crippen LogP contribution in [0.15, 0.2) is 24.3 Å². The molecule has 44 heavy (non-hydrogen) atoms. The van der Waals surface area contributed by atoms with E-state index in [4.69, 9.17) is 9.47 Å². The minimum absolute atomic E-state index is 0.0301. The van der Waals surface area contributed by atoms with Crippen molar-refractivity contribution < 1.29 is 49.1 Å². The van der Waals surface area contributed by atoms with Gasteiger partial charge in [-0.3, -0.25) is 19.2 Å². The quantitative estimate of drug-likeness (QED) is 0.219. The number of aryl methyl sites for hydroxylation is 2. The van der Waals surface area contributed by atoms with Crippen LogP contribution in [0.25, 0.3) is 11.1 Å². The van der Waals surface area contributed by atoms with Crippen molar-refractivity contribution in [3.63, 3.8) is 0 Å². The first-order valence-corrected chi connectivity index (χ1v) is 13.5. The Morgan fingerprint density at radius 3 is 1.11 bits per heavy atom. The van der Waals surface area contributed by atoms with Crippen molar-refractivity contribution in [2.45, 2.75) is 27.7 Å². The van der Waals surface area contributed by atoms with Gasteiger partial charge in [-0.15, -0.1) is 0 Å². The third-order valence-electron chi connectivity index (χ3n) is 8.35. The van der Waals surface area contributed by atoms with E-state index in [2.05, 4.69) is 0 Å². The number of phenols is 4. The monoisotopic (exact) mass is 594 g/mol. The van der Waals surface area contributed by atoms with Crippen LogP contribution in [-0.4, -0.2) is 57.8 Å². The van der Waals surface area contributed by atoms with Crippen molar-refractivity contribution in [1.29, 1.82) is 0 Å². The Balaban J connectivity index is 1.85. The molecular formula is C34H26O10. The topological polar surface area (TPSA) is 168 Å². The second-order valence-corrected chi connectivity index (χ2v) is 11.0. The zero-order valence-corrected chi connectivity index (χ0v) is 24.5. The lowest BCUT2D eigenvalue weighted by Crippen LogP contribution is -2.26. The molecule has 2 aliphatic rings. The summed E-state index contributed by atoms with van der Waals surface area (Å²) in [6.07, 6.45) is 0. The molecule has 4 aromatic rings. The summed E-state index contributed by atoms with van der Waals surface area (Å²) >= 11 is 0. The Morgan fingerprint density at radius 1 is 0.455 bits per heavy atom. The highest BCUT2D eigenvalue weighted by atomic mass is 16.5. The van der Waals surface area contributed by atoms with Crippen molar-refractivity contribution >= 4 is 23.1 Å². The third kappa shape index (κ3) is 3.48. The highest BCUT2D eigenvalue weighted by Crippen LogP contribution is 2.55. The molecule has 4 aromatic carbocycles. The average molecular weight is 595 g/mol. The van der Waals surface area contributed by atoms with Crippen LogP contribution in [-0.2, 0) is 0 Å². The molecule has 0 fully saturated rings. The number of carbonyl (C=O) groups excluding carboxylic acids is 4. The summed E-state index contributed by atoms with van der Waals surface area (Å²) in [6, 6.07) is 5.50. The van der Waals surface area contributed by atoms with E-state index >= 15 is 0 Å². The predicted molar refractivity (Wildman–Crippen MR) is 157 cm³/mol. The van der Waals surface area contributed by atoms with Crippen molar-refractivity contribution in [2.75, 3.05) is 14.2 Å². The third-order valence-corrected chi connectivity index (χ3v) is 8.35. The van der Waals surface area contributed by atoms with Crippen LogP contribution in [0.1, 0.15) is 85.9 Å². The molecule has 0 aromatic heterocycles. The van der Waals surface area contributed by atoms with E-state index in [9.17, 15) is 39.6 Å².